The molecule has 0 aromatic carbocycles. The predicted molar refractivity (Wildman–Crippen MR) is 121 cm³/mol. The lowest BCUT2D eigenvalue weighted by Crippen LogP contribution is -2.27. The van der Waals surface area contributed by atoms with Crippen LogP contribution < -0.4 is 10.9 Å². The molecular formula is C23H23N7O2. The van der Waals surface area contributed by atoms with Crippen molar-refractivity contribution in [2.45, 2.75) is 26.8 Å². The monoisotopic (exact) mass is 429 g/mol. The van der Waals surface area contributed by atoms with Gasteiger partial charge in [0.05, 0.1) is 0 Å². The van der Waals surface area contributed by atoms with Gasteiger partial charge in [-0.25, -0.2) is 4.98 Å². The lowest BCUT2D eigenvalue weighted by atomic mass is 10.1. The lowest BCUT2D eigenvalue weighted by Gasteiger charge is -2.11. The molecule has 4 rings (SSSR count). The highest BCUT2D eigenvalue weighted by molar-refractivity contribution is 6.04. The first-order valence-corrected chi connectivity index (χ1v) is 10.1. The summed E-state index contributed by atoms with van der Waals surface area (Å²) in [5.41, 5.74) is 2.72. The number of nitrogens with one attached hydrogen (secondary N) is 1. The Kier molecular flexibility index (Phi) is 5.63. The van der Waals surface area contributed by atoms with Crippen LogP contribution in [0, 0.1) is 6.92 Å². The molecule has 9 heteroatoms. The molecule has 0 aliphatic carbocycles. The van der Waals surface area contributed by atoms with Crippen molar-refractivity contribution in [3.05, 3.63) is 76.7 Å². The molecule has 0 radical (unpaired) electrons. The van der Waals surface area contributed by atoms with E-state index in [1.54, 1.807) is 56.2 Å². The summed E-state index contributed by atoms with van der Waals surface area (Å²) in [6.45, 7) is 5.97. The first-order valence-electron chi connectivity index (χ1n) is 10.1. The summed E-state index contributed by atoms with van der Waals surface area (Å²) in [5, 5.41) is 10.8. The highest BCUT2D eigenvalue weighted by Crippen LogP contribution is 2.21. The number of hydrogen-bond donors (Lipinski definition) is 1. The molecule has 0 aliphatic rings. The van der Waals surface area contributed by atoms with E-state index in [9.17, 15) is 9.59 Å². The Morgan fingerprint density at radius 2 is 1.94 bits per heavy atom. The van der Waals surface area contributed by atoms with Crippen molar-refractivity contribution in [2.24, 2.45) is 7.05 Å². The quantitative estimate of drug-likeness (QED) is 0.522. The molecule has 0 unspecified atom stereocenters. The first kappa shape index (κ1) is 21.1. The van der Waals surface area contributed by atoms with Crippen molar-refractivity contribution < 1.29 is 4.79 Å². The summed E-state index contributed by atoms with van der Waals surface area (Å²) >= 11 is 0. The number of nitrogens with zero attached hydrogens (tertiary/aromatic N) is 6. The van der Waals surface area contributed by atoms with E-state index in [0.29, 0.717) is 17.3 Å². The van der Waals surface area contributed by atoms with Crippen LogP contribution in [0.1, 0.15) is 35.8 Å². The standard InChI is InChI=1S/C23H23N7O2/c1-14(2)30-13-25-28-21(30)19-6-5-7-20(26-19)27-22(31)18-9-17(12-29(4)23(18)32)16-8-15(3)10-24-11-16/h5-14H,1-4H3,(H,26,27,31). The molecule has 4 heterocycles. The second-order valence-corrected chi connectivity index (χ2v) is 7.83. The largest absolute Gasteiger partial charge is 0.317 e. The first-order chi connectivity index (χ1) is 15.3. The molecule has 0 saturated carbocycles. The van der Waals surface area contributed by atoms with Gasteiger partial charge in [-0.3, -0.25) is 14.6 Å². The zero-order valence-electron chi connectivity index (χ0n) is 18.3. The van der Waals surface area contributed by atoms with Gasteiger partial charge in [-0.15, -0.1) is 10.2 Å². The van der Waals surface area contributed by atoms with Crippen molar-refractivity contribution in [1.29, 1.82) is 0 Å². The average molecular weight is 429 g/mol. The smallest absolute Gasteiger partial charge is 0.263 e. The minimum absolute atomic E-state index is 0.0176. The maximum atomic E-state index is 13.0. The van der Waals surface area contributed by atoms with Gasteiger partial charge in [0.1, 0.15) is 23.4 Å². The van der Waals surface area contributed by atoms with Crippen LogP contribution in [0.5, 0.6) is 0 Å². The van der Waals surface area contributed by atoms with Crippen LogP contribution in [0.25, 0.3) is 22.6 Å². The van der Waals surface area contributed by atoms with Crippen LogP contribution in [0.4, 0.5) is 5.82 Å². The Bertz CT molecular complexity index is 1350. The maximum Gasteiger partial charge on any atom is 0.263 e. The van der Waals surface area contributed by atoms with Gasteiger partial charge in [-0.1, -0.05) is 6.07 Å². The molecule has 1 N–H and O–H groups in total. The Hall–Kier alpha value is -4.14. The van der Waals surface area contributed by atoms with Crippen molar-refractivity contribution in [3.8, 4) is 22.6 Å². The molecule has 4 aromatic rings. The van der Waals surface area contributed by atoms with Crippen LogP contribution >= 0.6 is 0 Å². The van der Waals surface area contributed by atoms with Gasteiger partial charge in [0, 0.05) is 42.8 Å². The normalized spacial score (nSPS) is 11.0. The maximum absolute atomic E-state index is 13.0. The van der Waals surface area contributed by atoms with E-state index in [1.807, 2.05) is 31.4 Å². The summed E-state index contributed by atoms with van der Waals surface area (Å²) in [6, 6.07) is 8.91. The number of anilines is 1. The summed E-state index contributed by atoms with van der Waals surface area (Å²) in [6.07, 6.45) is 6.78. The van der Waals surface area contributed by atoms with E-state index < -0.39 is 11.5 Å². The van der Waals surface area contributed by atoms with Crippen molar-refractivity contribution in [1.82, 2.24) is 29.3 Å². The molecule has 0 spiro atoms. The fourth-order valence-electron chi connectivity index (χ4n) is 3.36. The third-order valence-corrected chi connectivity index (χ3v) is 4.99. The minimum atomic E-state index is -0.539. The SMILES string of the molecule is Cc1cncc(-c2cc(C(=O)Nc3cccc(-c4nncn4C(C)C)n3)c(=O)n(C)c2)c1. The van der Waals surface area contributed by atoms with Gasteiger partial charge in [-0.05, 0) is 50.6 Å². The highest BCUT2D eigenvalue weighted by Gasteiger charge is 2.17. The molecule has 0 atom stereocenters. The molecule has 4 aromatic heterocycles. The Morgan fingerprint density at radius 3 is 2.69 bits per heavy atom. The van der Waals surface area contributed by atoms with E-state index in [4.69, 9.17) is 0 Å². The van der Waals surface area contributed by atoms with E-state index in [2.05, 4.69) is 25.5 Å². The van der Waals surface area contributed by atoms with Crippen LogP contribution in [0.2, 0.25) is 0 Å². The van der Waals surface area contributed by atoms with Crippen LogP contribution in [-0.4, -0.2) is 35.2 Å². The number of carbonyl (C=O) groups is 1. The van der Waals surface area contributed by atoms with Gasteiger partial charge in [0.2, 0.25) is 0 Å². The Labute approximate surface area is 184 Å². The third kappa shape index (κ3) is 4.18. The summed E-state index contributed by atoms with van der Waals surface area (Å²) in [7, 11) is 1.61. The van der Waals surface area contributed by atoms with Crippen molar-refractivity contribution in [3.63, 3.8) is 0 Å². The number of carbonyl (C=O) groups excluding carboxylic acids is 1. The fraction of sp³-hybridized carbons (Fsp3) is 0.217. The molecule has 0 saturated heterocycles. The molecular weight excluding hydrogens is 406 g/mol. The van der Waals surface area contributed by atoms with Crippen molar-refractivity contribution >= 4 is 11.7 Å². The molecule has 0 aliphatic heterocycles. The van der Waals surface area contributed by atoms with E-state index >= 15 is 0 Å². The predicted octanol–water partition coefficient (Wildman–Crippen LogP) is 3.24. The number of aromatic nitrogens is 6. The zero-order valence-corrected chi connectivity index (χ0v) is 18.3. The highest BCUT2D eigenvalue weighted by atomic mass is 16.2. The van der Waals surface area contributed by atoms with Gasteiger partial charge in [0.25, 0.3) is 11.5 Å². The average Bonchev–Trinajstić information content (AvgIpc) is 3.26. The number of pyridine rings is 3. The van der Waals surface area contributed by atoms with E-state index in [1.165, 1.54) is 4.57 Å². The number of amides is 1. The summed E-state index contributed by atoms with van der Waals surface area (Å²) in [5.74, 6) is 0.375. The summed E-state index contributed by atoms with van der Waals surface area (Å²) in [4.78, 5) is 34.4. The number of aryl methyl sites for hydroxylation is 2. The zero-order chi connectivity index (χ0) is 22.8. The van der Waals surface area contributed by atoms with Crippen molar-refractivity contribution in [2.75, 3.05) is 5.32 Å². The van der Waals surface area contributed by atoms with Crippen LogP contribution in [-0.2, 0) is 7.05 Å². The van der Waals surface area contributed by atoms with E-state index in [-0.39, 0.29) is 11.6 Å². The second-order valence-electron chi connectivity index (χ2n) is 7.83. The molecule has 9 nitrogen and oxygen atoms in total. The summed E-state index contributed by atoms with van der Waals surface area (Å²) < 4.78 is 3.28. The Morgan fingerprint density at radius 1 is 1.12 bits per heavy atom. The Balaban J connectivity index is 1.66. The second kappa shape index (κ2) is 8.54. The number of rotatable bonds is 5. The third-order valence-electron chi connectivity index (χ3n) is 4.99. The lowest BCUT2D eigenvalue weighted by molar-refractivity contribution is 0.102. The molecule has 162 valence electrons. The molecule has 32 heavy (non-hydrogen) atoms. The minimum Gasteiger partial charge on any atom is -0.317 e. The topological polar surface area (TPSA) is 108 Å². The van der Waals surface area contributed by atoms with E-state index in [0.717, 1.165) is 16.7 Å². The fourth-order valence-corrected chi connectivity index (χ4v) is 3.36. The molecule has 1 amide bonds. The van der Waals surface area contributed by atoms with Crippen LogP contribution in [0.15, 0.2) is 60.0 Å². The van der Waals surface area contributed by atoms with Gasteiger partial charge >= 0.3 is 0 Å². The van der Waals surface area contributed by atoms with Crippen LogP contribution in [0.3, 0.4) is 0 Å². The molecule has 0 bridgehead atoms. The van der Waals surface area contributed by atoms with Gasteiger partial charge < -0.3 is 14.5 Å². The number of hydrogen-bond acceptors (Lipinski definition) is 6. The van der Waals surface area contributed by atoms with Gasteiger partial charge in [0.15, 0.2) is 5.82 Å². The molecule has 0 fully saturated rings. The van der Waals surface area contributed by atoms with Gasteiger partial charge in [-0.2, -0.15) is 0 Å².